The van der Waals surface area contributed by atoms with Gasteiger partial charge in [-0.25, -0.2) is 15.4 Å². The van der Waals surface area contributed by atoms with E-state index in [1.54, 1.807) is 6.21 Å². The Morgan fingerprint density at radius 3 is 2.56 bits per heavy atom. The zero-order valence-corrected chi connectivity index (χ0v) is 19.2. The van der Waals surface area contributed by atoms with Gasteiger partial charge in [0.2, 0.25) is 5.91 Å². The molecule has 0 radical (unpaired) electrons. The van der Waals surface area contributed by atoms with Crippen LogP contribution >= 0.6 is 11.8 Å². The molecule has 0 saturated heterocycles. The Hall–Kier alpha value is -3.19. The lowest BCUT2D eigenvalue weighted by molar-refractivity contribution is -0.118. The van der Waals surface area contributed by atoms with E-state index < -0.39 is 0 Å². The van der Waals surface area contributed by atoms with E-state index in [2.05, 4.69) is 10.5 Å². The highest BCUT2D eigenvalue weighted by atomic mass is 32.2. The lowest BCUT2D eigenvalue weighted by Crippen LogP contribution is -2.20. The van der Waals surface area contributed by atoms with Crippen LogP contribution in [0.25, 0.3) is 11.4 Å². The predicted molar refractivity (Wildman–Crippen MR) is 131 cm³/mol. The molecule has 1 N–H and O–H groups in total. The maximum absolute atomic E-state index is 12.4. The van der Waals surface area contributed by atoms with E-state index in [-0.39, 0.29) is 11.7 Å². The van der Waals surface area contributed by atoms with Gasteiger partial charge in [-0.05, 0) is 43.4 Å². The molecule has 1 aliphatic carbocycles. The molecule has 32 heavy (non-hydrogen) atoms. The van der Waals surface area contributed by atoms with Gasteiger partial charge in [-0.15, -0.1) is 0 Å². The van der Waals surface area contributed by atoms with Crippen molar-refractivity contribution in [2.75, 3.05) is 24.7 Å². The van der Waals surface area contributed by atoms with Crippen LogP contribution in [0, 0.1) is 0 Å². The van der Waals surface area contributed by atoms with Crippen molar-refractivity contribution in [2.45, 2.75) is 30.7 Å². The van der Waals surface area contributed by atoms with Crippen molar-refractivity contribution in [3.8, 4) is 11.4 Å². The fraction of sp³-hybridized carbons (Fsp3) is 0.280. The van der Waals surface area contributed by atoms with Crippen LogP contribution in [0.2, 0.25) is 0 Å². The quantitative estimate of drug-likeness (QED) is 0.254. The summed E-state index contributed by atoms with van der Waals surface area (Å²) in [5.41, 5.74) is 7.98. The van der Waals surface area contributed by atoms with Gasteiger partial charge in [-0.1, -0.05) is 54.2 Å². The molecule has 0 atom stereocenters. The molecule has 0 aliphatic heterocycles. The number of hydrogen-bond acceptors (Lipinski definition) is 6. The second kappa shape index (κ2) is 10.4. The topological polar surface area (TPSA) is 70.5 Å². The van der Waals surface area contributed by atoms with E-state index in [1.807, 2.05) is 73.6 Å². The molecule has 164 valence electrons. The molecule has 0 saturated carbocycles. The number of thioether (sulfide) groups is 1. The second-order valence-electron chi connectivity index (χ2n) is 7.92. The molecule has 0 unspecified atom stereocenters. The number of carbonyl (C=O) groups excluding carboxylic acids is 1. The fourth-order valence-corrected chi connectivity index (χ4v) is 4.48. The first-order valence-electron chi connectivity index (χ1n) is 10.8. The third kappa shape index (κ3) is 5.53. The summed E-state index contributed by atoms with van der Waals surface area (Å²) in [7, 11) is 4.00. The molecule has 0 spiro atoms. The normalized spacial score (nSPS) is 13.1. The minimum absolute atomic E-state index is 0.152. The first kappa shape index (κ1) is 22.0. The number of fused-ring (bicyclic) bond motifs is 1. The molecule has 1 aromatic heterocycles. The Bertz CT molecular complexity index is 1100. The summed E-state index contributed by atoms with van der Waals surface area (Å²) in [6.07, 6.45) is 5.87. The van der Waals surface area contributed by atoms with Crippen LogP contribution in [-0.2, 0) is 17.6 Å². The molecular formula is C25H27N5OS. The minimum Gasteiger partial charge on any atom is -0.378 e. The Labute approximate surface area is 193 Å². The van der Waals surface area contributed by atoms with Gasteiger partial charge in [0.25, 0.3) is 0 Å². The average molecular weight is 446 g/mol. The van der Waals surface area contributed by atoms with Gasteiger partial charge >= 0.3 is 0 Å². The Kier molecular flexibility index (Phi) is 7.17. The molecule has 4 rings (SSSR count). The maximum Gasteiger partial charge on any atom is 0.250 e. The molecule has 7 heteroatoms. The van der Waals surface area contributed by atoms with Gasteiger partial charge in [0.05, 0.1) is 12.0 Å². The standard InChI is InChI=1S/C25H27N5OS/c1-30(2)20-14-12-18(13-15-20)16-26-29-23(31)17-32-25-21-10-6-7-11-22(21)27-24(28-25)19-8-4-3-5-9-19/h3-5,8-9,12-16H,6-7,10-11,17H2,1-2H3,(H,29,31)/b26-16-. The summed E-state index contributed by atoms with van der Waals surface area (Å²) in [4.78, 5) is 24.0. The zero-order valence-electron chi connectivity index (χ0n) is 18.4. The van der Waals surface area contributed by atoms with Crippen LogP contribution in [0.4, 0.5) is 5.69 Å². The summed E-state index contributed by atoms with van der Waals surface area (Å²) < 4.78 is 0. The van der Waals surface area contributed by atoms with Crippen molar-refractivity contribution >= 4 is 29.6 Å². The van der Waals surface area contributed by atoms with E-state index in [0.29, 0.717) is 0 Å². The number of aryl methyl sites for hydroxylation is 1. The van der Waals surface area contributed by atoms with Crippen molar-refractivity contribution in [3.05, 3.63) is 71.4 Å². The third-order valence-electron chi connectivity index (χ3n) is 5.33. The number of carbonyl (C=O) groups is 1. The Balaban J connectivity index is 1.41. The zero-order chi connectivity index (χ0) is 22.3. The molecule has 0 bridgehead atoms. The number of aromatic nitrogens is 2. The number of hydrazone groups is 1. The smallest absolute Gasteiger partial charge is 0.250 e. The predicted octanol–water partition coefficient (Wildman–Crippen LogP) is 4.33. The van der Waals surface area contributed by atoms with E-state index in [1.165, 1.54) is 17.3 Å². The van der Waals surface area contributed by atoms with E-state index in [9.17, 15) is 4.79 Å². The largest absolute Gasteiger partial charge is 0.378 e. The summed E-state index contributed by atoms with van der Waals surface area (Å²) in [5.74, 6) is 0.836. The van der Waals surface area contributed by atoms with Gasteiger partial charge in [0.15, 0.2) is 5.82 Å². The molecule has 0 fully saturated rings. The number of amides is 1. The second-order valence-corrected chi connectivity index (χ2v) is 8.88. The molecular weight excluding hydrogens is 418 g/mol. The summed E-state index contributed by atoms with van der Waals surface area (Å²) in [5, 5.41) is 5.01. The molecule has 2 aromatic carbocycles. The minimum atomic E-state index is -0.152. The molecule has 1 heterocycles. The average Bonchev–Trinajstić information content (AvgIpc) is 2.83. The van der Waals surface area contributed by atoms with Crippen molar-refractivity contribution in [2.24, 2.45) is 5.10 Å². The Morgan fingerprint density at radius 1 is 1.06 bits per heavy atom. The van der Waals surface area contributed by atoms with E-state index in [4.69, 9.17) is 9.97 Å². The van der Waals surface area contributed by atoms with Gasteiger partial charge in [-0.2, -0.15) is 5.10 Å². The maximum atomic E-state index is 12.4. The van der Waals surface area contributed by atoms with Crippen LogP contribution in [0.3, 0.4) is 0 Å². The van der Waals surface area contributed by atoms with Crippen molar-refractivity contribution in [3.63, 3.8) is 0 Å². The Morgan fingerprint density at radius 2 is 1.81 bits per heavy atom. The number of benzene rings is 2. The highest BCUT2D eigenvalue weighted by molar-refractivity contribution is 7.99. The lowest BCUT2D eigenvalue weighted by Gasteiger charge is -2.18. The van der Waals surface area contributed by atoms with Crippen LogP contribution < -0.4 is 10.3 Å². The number of nitrogens with zero attached hydrogens (tertiary/aromatic N) is 4. The van der Waals surface area contributed by atoms with Crippen LogP contribution in [0.1, 0.15) is 29.7 Å². The first-order valence-corrected chi connectivity index (χ1v) is 11.8. The van der Waals surface area contributed by atoms with Crippen LogP contribution in [-0.4, -0.2) is 41.9 Å². The number of nitrogens with one attached hydrogen (secondary N) is 1. The van der Waals surface area contributed by atoms with Gasteiger partial charge in [0.1, 0.15) is 5.03 Å². The van der Waals surface area contributed by atoms with Crippen molar-refractivity contribution in [1.29, 1.82) is 0 Å². The molecule has 6 nitrogen and oxygen atoms in total. The summed E-state index contributed by atoms with van der Waals surface area (Å²) >= 11 is 1.46. The lowest BCUT2D eigenvalue weighted by atomic mass is 9.97. The van der Waals surface area contributed by atoms with Gasteiger partial charge in [-0.3, -0.25) is 4.79 Å². The van der Waals surface area contributed by atoms with E-state index in [0.717, 1.165) is 59.0 Å². The van der Waals surface area contributed by atoms with E-state index >= 15 is 0 Å². The SMILES string of the molecule is CN(C)c1ccc(/C=N\NC(=O)CSc2nc(-c3ccccc3)nc3c2CCCC3)cc1. The highest BCUT2D eigenvalue weighted by Crippen LogP contribution is 2.31. The van der Waals surface area contributed by atoms with Crippen molar-refractivity contribution < 1.29 is 4.79 Å². The summed E-state index contributed by atoms with van der Waals surface area (Å²) in [6.45, 7) is 0. The van der Waals surface area contributed by atoms with Crippen LogP contribution in [0.5, 0.6) is 0 Å². The first-order chi connectivity index (χ1) is 15.6. The van der Waals surface area contributed by atoms with Gasteiger partial charge in [0, 0.05) is 36.6 Å². The monoisotopic (exact) mass is 445 g/mol. The number of hydrogen-bond donors (Lipinski definition) is 1. The third-order valence-corrected chi connectivity index (χ3v) is 6.35. The fourth-order valence-electron chi connectivity index (χ4n) is 3.60. The summed E-state index contributed by atoms with van der Waals surface area (Å²) in [6, 6.07) is 18.0. The molecule has 1 amide bonds. The molecule has 1 aliphatic rings. The number of rotatable bonds is 7. The highest BCUT2D eigenvalue weighted by Gasteiger charge is 2.19. The van der Waals surface area contributed by atoms with Gasteiger partial charge < -0.3 is 4.90 Å². The number of anilines is 1. The van der Waals surface area contributed by atoms with Crippen molar-refractivity contribution in [1.82, 2.24) is 15.4 Å². The molecule has 3 aromatic rings. The van der Waals surface area contributed by atoms with Crippen LogP contribution in [0.15, 0.2) is 64.7 Å².